The molecule has 1 aliphatic rings. The Labute approximate surface area is 188 Å². The summed E-state index contributed by atoms with van der Waals surface area (Å²) in [5.74, 6) is -0.581. The van der Waals surface area contributed by atoms with Crippen LogP contribution in [0.1, 0.15) is 29.3 Å². The van der Waals surface area contributed by atoms with E-state index in [2.05, 4.69) is 9.98 Å². The summed E-state index contributed by atoms with van der Waals surface area (Å²) in [6.07, 6.45) is 1.54. The summed E-state index contributed by atoms with van der Waals surface area (Å²) in [4.78, 5) is 35.1. The number of thiazole rings is 1. The zero-order chi connectivity index (χ0) is 22.1. The van der Waals surface area contributed by atoms with Crippen molar-refractivity contribution >= 4 is 57.6 Å². The molecule has 0 unspecified atom stereocenters. The minimum absolute atomic E-state index is 0.118. The summed E-state index contributed by atoms with van der Waals surface area (Å²) in [6, 6.07) is 12.8. The molecule has 1 aromatic heterocycles. The van der Waals surface area contributed by atoms with Gasteiger partial charge in [0.2, 0.25) is 11.8 Å². The number of carbonyl (C=O) groups excluding carboxylic acids is 2. The molecule has 0 radical (unpaired) electrons. The summed E-state index contributed by atoms with van der Waals surface area (Å²) >= 11 is 7.48. The zero-order valence-corrected chi connectivity index (χ0v) is 18.6. The lowest BCUT2D eigenvalue weighted by Crippen LogP contribution is -2.23. The molecule has 31 heavy (non-hydrogen) atoms. The number of nitrogens with zero attached hydrogens (tertiary/aromatic N) is 3. The monoisotopic (exact) mass is 451 g/mol. The van der Waals surface area contributed by atoms with E-state index in [1.807, 2.05) is 32.0 Å². The smallest absolute Gasteiger partial charge is 0.363 e. The van der Waals surface area contributed by atoms with E-state index in [1.54, 1.807) is 34.5 Å². The fraction of sp³-hybridized carbons (Fsp3) is 0.130. The molecule has 1 amide bonds. The Kier molecular flexibility index (Phi) is 5.71. The molecule has 2 heterocycles. The van der Waals surface area contributed by atoms with Crippen LogP contribution in [-0.2, 0) is 14.3 Å². The Morgan fingerprint density at radius 1 is 1.16 bits per heavy atom. The number of amides is 1. The van der Waals surface area contributed by atoms with Crippen LogP contribution < -0.4 is 4.90 Å². The van der Waals surface area contributed by atoms with Crippen LogP contribution in [0.2, 0.25) is 5.02 Å². The molecule has 0 N–H and O–H groups in total. The van der Waals surface area contributed by atoms with Crippen LogP contribution in [0.25, 0.3) is 6.08 Å². The summed E-state index contributed by atoms with van der Waals surface area (Å²) in [6.45, 7) is 5.46. The van der Waals surface area contributed by atoms with Gasteiger partial charge in [-0.05, 0) is 49.2 Å². The van der Waals surface area contributed by atoms with Crippen molar-refractivity contribution in [3.05, 3.63) is 80.9 Å². The van der Waals surface area contributed by atoms with Gasteiger partial charge in [-0.3, -0.25) is 9.69 Å². The molecule has 1 aliphatic heterocycles. The third-order valence-electron chi connectivity index (χ3n) is 4.84. The Morgan fingerprint density at radius 3 is 2.68 bits per heavy atom. The Hall–Kier alpha value is -3.29. The van der Waals surface area contributed by atoms with Crippen molar-refractivity contribution in [3.63, 3.8) is 0 Å². The van der Waals surface area contributed by atoms with E-state index in [1.165, 1.54) is 24.3 Å². The summed E-state index contributed by atoms with van der Waals surface area (Å²) in [7, 11) is 0. The van der Waals surface area contributed by atoms with Gasteiger partial charge in [0.1, 0.15) is 0 Å². The normalized spacial score (nSPS) is 14.5. The highest BCUT2D eigenvalue weighted by Gasteiger charge is 2.26. The van der Waals surface area contributed by atoms with Gasteiger partial charge < -0.3 is 4.74 Å². The number of aromatic nitrogens is 1. The second-order valence-electron chi connectivity index (χ2n) is 6.94. The molecular formula is C23H18ClN3O3S. The molecule has 3 aromatic rings. The molecule has 2 aromatic carbocycles. The fourth-order valence-electron chi connectivity index (χ4n) is 3.13. The highest BCUT2D eigenvalue weighted by Crippen LogP contribution is 2.33. The number of ether oxygens (including phenoxy) is 1. The van der Waals surface area contributed by atoms with E-state index in [0.29, 0.717) is 21.4 Å². The van der Waals surface area contributed by atoms with Gasteiger partial charge in [0.15, 0.2) is 10.8 Å². The maximum absolute atomic E-state index is 12.4. The number of benzene rings is 2. The molecule has 0 aliphatic carbocycles. The highest BCUT2D eigenvalue weighted by atomic mass is 35.5. The largest absolute Gasteiger partial charge is 0.402 e. The minimum atomic E-state index is -0.581. The molecule has 0 spiro atoms. The lowest BCUT2D eigenvalue weighted by Gasteiger charge is -2.21. The Bertz CT molecular complexity index is 1260. The maximum atomic E-state index is 12.4. The number of aryl methyl sites for hydroxylation is 1. The number of hydrogen-bond donors (Lipinski definition) is 0. The first-order valence-electron chi connectivity index (χ1n) is 9.45. The van der Waals surface area contributed by atoms with E-state index >= 15 is 0 Å². The van der Waals surface area contributed by atoms with Crippen molar-refractivity contribution in [1.82, 2.24) is 4.98 Å². The molecular weight excluding hydrogens is 434 g/mol. The number of aliphatic imine (C=N–C) groups is 1. The van der Waals surface area contributed by atoms with Crippen molar-refractivity contribution in [2.75, 3.05) is 4.90 Å². The quantitative estimate of drug-likeness (QED) is 0.391. The lowest BCUT2D eigenvalue weighted by atomic mass is 10.1. The summed E-state index contributed by atoms with van der Waals surface area (Å²) in [5, 5.41) is 2.71. The van der Waals surface area contributed by atoms with E-state index in [9.17, 15) is 9.59 Å². The van der Waals surface area contributed by atoms with Gasteiger partial charge in [0.05, 0.1) is 22.0 Å². The number of rotatable bonds is 4. The molecule has 0 bridgehead atoms. The summed E-state index contributed by atoms with van der Waals surface area (Å²) < 4.78 is 5.27. The number of halogens is 1. The van der Waals surface area contributed by atoms with Gasteiger partial charge in [0, 0.05) is 12.3 Å². The zero-order valence-electron chi connectivity index (χ0n) is 17.0. The molecule has 0 saturated heterocycles. The van der Waals surface area contributed by atoms with Crippen LogP contribution in [-0.4, -0.2) is 22.8 Å². The van der Waals surface area contributed by atoms with Gasteiger partial charge >= 0.3 is 5.97 Å². The molecule has 0 saturated carbocycles. The second kappa shape index (κ2) is 8.45. The molecule has 8 heteroatoms. The SMILES string of the molecule is CC(=O)N(c1nc(/C=C2/N=C(c3ccccc3Cl)OC2=O)cs1)c1cccc(C)c1C. The van der Waals surface area contributed by atoms with Crippen LogP contribution in [0.15, 0.2) is 58.5 Å². The first-order chi connectivity index (χ1) is 14.8. The highest BCUT2D eigenvalue weighted by molar-refractivity contribution is 7.14. The standard InChI is InChI=1S/C23H18ClN3O3S/c1-13-7-6-10-20(14(13)2)27(15(3)28)23-25-16(12-31-23)11-19-22(29)30-21(26-19)17-8-4-5-9-18(17)24/h4-12H,1-3H3/b19-11+. The average Bonchev–Trinajstić information content (AvgIpc) is 3.33. The van der Waals surface area contributed by atoms with Crippen LogP contribution >= 0.6 is 22.9 Å². The van der Waals surface area contributed by atoms with Gasteiger partial charge in [-0.2, -0.15) is 0 Å². The third-order valence-corrected chi connectivity index (χ3v) is 6.02. The van der Waals surface area contributed by atoms with Gasteiger partial charge in [-0.15, -0.1) is 11.3 Å². The predicted octanol–water partition coefficient (Wildman–Crippen LogP) is 5.44. The molecule has 0 fully saturated rings. The van der Waals surface area contributed by atoms with Crippen molar-refractivity contribution in [1.29, 1.82) is 0 Å². The molecule has 6 nitrogen and oxygen atoms in total. The van der Waals surface area contributed by atoms with Crippen molar-refractivity contribution in [2.24, 2.45) is 4.99 Å². The van der Waals surface area contributed by atoms with E-state index in [4.69, 9.17) is 16.3 Å². The van der Waals surface area contributed by atoms with E-state index in [-0.39, 0.29) is 17.5 Å². The van der Waals surface area contributed by atoms with Crippen LogP contribution in [0.4, 0.5) is 10.8 Å². The first-order valence-corrected chi connectivity index (χ1v) is 10.7. The predicted molar refractivity (Wildman–Crippen MR) is 123 cm³/mol. The molecule has 4 rings (SSSR count). The van der Waals surface area contributed by atoms with Crippen molar-refractivity contribution < 1.29 is 14.3 Å². The van der Waals surface area contributed by atoms with Gasteiger partial charge in [-0.1, -0.05) is 35.9 Å². The Morgan fingerprint density at radius 2 is 1.94 bits per heavy atom. The van der Waals surface area contributed by atoms with E-state index in [0.717, 1.165) is 16.8 Å². The average molecular weight is 452 g/mol. The van der Waals surface area contributed by atoms with Crippen LogP contribution in [0.5, 0.6) is 0 Å². The van der Waals surface area contributed by atoms with Crippen molar-refractivity contribution in [3.8, 4) is 0 Å². The summed E-state index contributed by atoms with van der Waals surface area (Å²) in [5.41, 5.74) is 4.03. The number of anilines is 2. The molecule has 156 valence electrons. The van der Waals surface area contributed by atoms with Crippen molar-refractivity contribution in [2.45, 2.75) is 20.8 Å². The molecule has 0 atom stereocenters. The number of hydrogen-bond acceptors (Lipinski definition) is 6. The first kappa shape index (κ1) is 21.0. The number of esters is 1. The number of carbonyl (C=O) groups is 2. The Balaban J connectivity index is 1.67. The fourth-order valence-corrected chi connectivity index (χ4v) is 4.18. The minimum Gasteiger partial charge on any atom is -0.402 e. The maximum Gasteiger partial charge on any atom is 0.363 e. The second-order valence-corrected chi connectivity index (χ2v) is 8.19. The third kappa shape index (κ3) is 4.15. The van der Waals surface area contributed by atoms with E-state index < -0.39 is 5.97 Å². The van der Waals surface area contributed by atoms with Gasteiger partial charge in [0.25, 0.3) is 0 Å². The van der Waals surface area contributed by atoms with Crippen LogP contribution in [0, 0.1) is 13.8 Å². The van der Waals surface area contributed by atoms with Gasteiger partial charge in [-0.25, -0.2) is 14.8 Å². The topological polar surface area (TPSA) is 71.9 Å². The van der Waals surface area contributed by atoms with Crippen LogP contribution in [0.3, 0.4) is 0 Å². The number of cyclic esters (lactones) is 1. The lowest BCUT2D eigenvalue weighted by molar-refractivity contribution is -0.130.